The van der Waals surface area contributed by atoms with E-state index in [1.165, 1.54) is 5.56 Å². The predicted octanol–water partition coefficient (Wildman–Crippen LogP) is 3.71. The Morgan fingerprint density at radius 3 is 1.52 bits per heavy atom. The van der Waals surface area contributed by atoms with Gasteiger partial charge in [-0.05, 0) is 60.8 Å². The third kappa shape index (κ3) is 6.28. The van der Waals surface area contributed by atoms with Crippen LogP contribution in [0.3, 0.4) is 0 Å². The fourth-order valence-electron chi connectivity index (χ4n) is 3.59. The van der Waals surface area contributed by atoms with Crippen LogP contribution in [-0.4, -0.2) is 40.2 Å². The van der Waals surface area contributed by atoms with Crippen LogP contribution in [0.4, 0.5) is 0 Å². The lowest BCUT2D eigenvalue weighted by Crippen LogP contribution is -2.41. The summed E-state index contributed by atoms with van der Waals surface area (Å²) in [5.41, 5.74) is 2.99. The van der Waals surface area contributed by atoms with Gasteiger partial charge in [-0.3, -0.25) is 0 Å². The maximum absolute atomic E-state index is 11.2. The molecule has 4 heteroatoms. The van der Waals surface area contributed by atoms with Crippen LogP contribution in [0.1, 0.15) is 87.7 Å². The summed E-state index contributed by atoms with van der Waals surface area (Å²) in [6.45, 7) is 5.10. The van der Waals surface area contributed by atoms with E-state index in [0.717, 1.165) is 74.5 Å². The Bertz CT molecular complexity index is 500. The van der Waals surface area contributed by atoms with Gasteiger partial charge < -0.3 is 20.4 Å². The zero-order valence-corrected chi connectivity index (χ0v) is 17.5. The highest BCUT2D eigenvalue weighted by molar-refractivity contribution is 5.42. The molecule has 4 nitrogen and oxygen atoms in total. The minimum atomic E-state index is -1.33. The van der Waals surface area contributed by atoms with Crippen molar-refractivity contribution >= 4 is 0 Å². The van der Waals surface area contributed by atoms with E-state index in [4.69, 9.17) is 0 Å². The highest BCUT2D eigenvalue weighted by Crippen LogP contribution is 2.38. The van der Waals surface area contributed by atoms with Crippen LogP contribution in [0.25, 0.3) is 0 Å². The Labute approximate surface area is 165 Å². The Morgan fingerprint density at radius 1 is 0.741 bits per heavy atom. The Hall–Kier alpha value is -0.940. The molecule has 1 atom stereocenters. The molecular weight excluding hydrogens is 340 g/mol. The van der Waals surface area contributed by atoms with Crippen LogP contribution in [0.2, 0.25) is 0 Å². The van der Waals surface area contributed by atoms with Gasteiger partial charge in [-0.25, -0.2) is 0 Å². The number of rotatable bonds is 14. The van der Waals surface area contributed by atoms with Gasteiger partial charge in [0.2, 0.25) is 0 Å². The van der Waals surface area contributed by atoms with E-state index in [-0.39, 0.29) is 0 Å². The number of aliphatic hydroxyl groups excluding tert-OH is 4. The number of aryl methyl sites for hydroxylation is 3. The fourth-order valence-corrected chi connectivity index (χ4v) is 3.59. The van der Waals surface area contributed by atoms with Crippen molar-refractivity contribution in [2.45, 2.75) is 84.7 Å². The third-order valence-electron chi connectivity index (χ3n) is 5.63. The van der Waals surface area contributed by atoms with Crippen LogP contribution in [0, 0.1) is 5.41 Å². The fraction of sp³-hybridized carbons (Fsp3) is 0.739. The highest BCUT2D eigenvalue weighted by atomic mass is 16.3. The largest absolute Gasteiger partial charge is 0.395 e. The maximum Gasteiger partial charge on any atom is 0.0917 e. The molecule has 0 fully saturated rings. The summed E-state index contributed by atoms with van der Waals surface area (Å²) in [6.07, 6.45) is 8.10. The zero-order chi connectivity index (χ0) is 20.3. The number of unbranched alkanes of at least 4 members (excludes halogenated alkanes) is 3. The van der Waals surface area contributed by atoms with Gasteiger partial charge in [0.1, 0.15) is 0 Å². The summed E-state index contributed by atoms with van der Waals surface area (Å²) in [5, 5.41) is 40.7. The first kappa shape index (κ1) is 24.1. The second-order valence-electron chi connectivity index (χ2n) is 7.88. The van der Waals surface area contributed by atoms with Crippen molar-refractivity contribution in [3.05, 3.63) is 34.4 Å². The van der Waals surface area contributed by atoms with Gasteiger partial charge in [0.15, 0.2) is 0 Å². The van der Waals surface area contributed by atoms with Crippen LogP contribution in [0.5, 0.6) is 0 Å². The van der Waals surface area contributed by atoms with Gasteiger partial charge in [0.05, 0.1) is 31.3 Å². The van der Waals surface area contributed by atoms with E-state index in [0.29, 0.717) is 0 Å². The van der Waals surface area contributed by atoms with Crippen molar-refractivity contribution in [1.82, 2.24) is 0 Å². The molecule has 0 aliphatic heterocycles. The van der Waals surface area contributed by atoms with E-state index in [2.05, 4.69) is 32.9 Å². The second kappa shape index (κ2) is 12.5. The van der Waals surface area contributed by atoms with Crippen LogP contribution in [-0.2, 0) is 19.3 Å². The molecule has 1 aromatic carbocycles. The summed E-state index contributed by atoms with van der Waals surface area (Å²) in [5.74, 6) is 0. The van der Waals surface area contributed by atoms with Crippen molar-refractivity contribution in [1.29, 1.82) is 0 Å². The van der Waals surface area contributed by atoms with Gasteiger partial charge >= 0.3 is 0 Å². The average molecular weight is 381 g/mol. The van der Waals surface area contributed by atoms with Crippen molar-refractivity contribution in [3.8, 4) is 0 Å². The van der Waals surface area contributed by atoms with Gasteiger partial charge in [-0.2, -0.15) is 0 Å². The lowest BCUT2D eigenvalue weighted by molar-refractivity contribution is -0.0858. The van der Waals surface area contributed by atoms with Crippen molar-refractivity contribution in [2.75, 3.05) is 19.8 Å². The predicted molar refractivity (Wildman–Crippen MR) is 111 cm³/mol. The Morgan fingerprint density at radius 2 is 1.15 bits per heavy atom. The normalized spacial score (nSPS) is 13.1. The van der Waals surface area contributed by atoms with Gasteiger partial charge in [0, 0.05) is 0 Å². The molecule has 0 bridgehead atoms. The standard InChI is InChI=1S/C23H40O4/c1-4-7-10-18-13-19(11-8-5-2)21(20(14-18)12-9-6-3)22(27)23(15-24,16-25)17-26/h13-14,22,24-27H,4-12,15-17H2,1-3H3. The van der Waals surface area contributed by atoms with Crippen LogP contribution in [0.15, 0.2) is 12.1 Å². The molecule has 0 aromatic heterocycles. The number of benzene rings is 1. The molecule has 0 aliphatic carbocycles. The minimum Gasteiger partial charge on any atom is -0.395 e. The third-order valence-corrected chi connectivity index (χ3v) is 5.63. The molecule has 0 aliphatic rings. The van der Waals surface area contributed by atoms with Crippen LogP contribution >= 0.6 is 0 Å². The summed E-state index contributed by atoms with van der Waals surface area (Å²) in [4.78, 5) is 0. The zero-order valence-electron chi connectivity index (χ0n) is 17.5. The molecule has 156 valence electrons. The molecule has 0 saturated carbocycles. The van der Waals surface area contributed by atoms with Gasteiger partial charge in [-0.1, -0.05) is 52.2 Å². The first-order chi connectivity index (χ1) is 13.0. The quantitative estimate of drug-likeness (QED) is 0.397. The van der Waals surface area contributed by atoms with Crippen LogP contribution < -0.4 is 0 Å². The number of aliphatic hydroxyl groups is 4. The van der Waals surface area contributed by atoms with Crippen molar-refractivity contribution < 1.29 is 20.4 Å². The number of hydrogen-bond acceptors (Lipinski definition) is 4. The maximum atomic E-state index is 11.2. The molecule has 0 amide bonds. The molecule has 1 aromatic rings. The second-order valence-corrected chi connectivity index (χ2v) is 7.88. The topological polar surface area (TPSA) is 80.9 Å². The lowest BCUT2D eigenvalue weighted by Gasteiger charge is -2.35. The Kier molecular flexibility index (Phi) is 11.2. The smallest absolute Gasteiger partial charge is 0.0917 e. The van der Waals surface area contributed by atoms with E-state index in [9.17, 15) is 20.4 Å². The lowest BCUT2D eigenvalue weighted by atomic mass is 9.76. The molecule has 1 rings (SSSR count). The minimum absolute atomic E-state index is 0.459. The average Bonchev–Trinajstić information content (AvgIpc) is 2.70. The summed E-state index contributed by atoms with van der Waals surface area (Å²) in [6, 6.07) is 4.38. The van der Waals surface area contributed by atoms with Gasteiger partial charge in [0.25, 0.3) is 0 Å². The highest BCUT2D eigenvalue weighted by Gasteiger charge is 2.39. The van der Waals surface area contributed by atoms with E-state index < -0.39 is 31.3 Å². The van der Waals surface area contributed by atoms with E-state index >= 15 is 0 Å². The molecule has 4 N–H and O–H groups in total. The molecular formula is C23H40O4. The van der Waals surface area contributed by atoms with Crippen molar-refractivity contribution in [3.63, 3.8) is 0 Å². The SMILES string of the molecule is CCCCc1cc(CCCC)c(C(O)C(CO)(CO)CO)c(CCCC)c1. The van der Waals surface area contributed by atoms with E-state index in [1.807, 2.05) is 0 Å². The Balaban J connectivity index is 3.49. The van der Waals surface area contributed by atoms with E-state index in [1.54, 1.807) is 0 Å². The molecule has 0 heterocycles. The van der Waals surface area contributed by atoms with Gasteiger partial charge in [-0.15, -0.1) is 0 Å². The first-order valence-electron chi connectivity index (χ1n) is 10.7. The van der Waals surface area contributed by atoms with Crippen molar-refractivity contribution in [2.24, 2.45) is 5.41 Å². The monoisotopic (exact) mass is 380 g/mol. The molecule has 0 spiro atoms. The molecule has 1 unspecified atom stereocenters. The summed E-state index contributed by atoms with van der Waals surface area (Å²) in [7, 11) is 0. The molecule has 0 radical (unpaired) electrons. The summed E-state index contributed by atoms with van der Waals surface area (Å²) >= 11 is 0. The molecule has 27 heavy (non-hydrogen) atoms. The summed E-state index contributed by atoms with van der Waals surface area (Å²) < 4.78 is 0. The molecule has 0 saturated heterocycles. The first-order valence-corrected chi connectivity index (χ1v) is 10.7. The number of hydrogen-bond donors (Lipinski definition) is 4.